The highest BCUT2D eigenvalue weighted by Gasteiger charge is 2.22. The van der Waals surface area contributed by atoms with Gasteiger partial charge in [-0.05, 0) is 87.3 Å². The van der Waals surface area contributed by atoms with Gasteiger partial charge >= 0.3 is 0 Å². The number of piperazine rings is 1. The quantitative estimate of drug-likeness (QED) is 0.144. The van der Waals surface area contributed by atoms with E-state index in [4.69, 9.17) is 9.47 Å². The van der Waals surface area contributed by atoms with Crippen molar-refractivity contribution in [3.63, 3.8) is 0 Å². The number of aromatic amines is 1. The molecule has 1 fully saturated rings. The molecule has 1 saturated heterocycles. The van der Waals surface area contributed by atoms with Crippen LogP contribution in [0.15, 0.2) is 66.4 Å². The zero-order valence-electron chi connectivity index (χ0n) is 30.2. The third-order valence-electron chi connectivity index (χ3n) is 9.09. The van der Waals surface area contributed by atoms with E-state index in [2.05, 4.69) is 33.1 Å². The lowest BCUT2D eigenvalue weighted by Crippen LogP contribution is -2.44. The van der Waals surface area contributed by atoms with Gasteiger partial charge < -0.3 is 39.4 Å². The molecular weight excluding hydrogens is 648 g/mol. The van der Waals surface area contributed by atoms with Gasteiger partial charge in [0.1, 0.15) is 23.1 Å². The van der Waals surface area contributed by atoms with Gasteiger partial charge in [-0.25, -0.2) is 4.79 Å². The maximum absolute atomic E-state index is 13.8. The summed E-state index contributed by atoms with van der Waals surface area (Å²) in [5, 5.41) is 3.50. The number of aryl methyl sites for hydroxylation is 1. The van der Waals surface area contributed by atoms with Crippen LogP contribution in [-0.4, -0.2) is 111 Å². The molecule has 2 N–H and O–H groups in total. The van der Waals surface area contributed by atoms with E-state index < -0.39 is 5.91 Å². The van der Waals surface area contributed by atoms with Crippen molar-refractivity contribution in [2.24, 2.45) is 0 Å². The number of unbranched alkanes of at least 4 members (excludes halogenated alkanes) is 1. The molecule has 3 aromatic carbocycles. The summed E-state index contributed by atoms with van der Waals surface area (Å²) in [7, 11) is 8.57. The number of H-pyrrole nitrogens is 1. The number of benzene rings is 3. The first-order valence-electron chi connectivity index (χ1n) is 17.0. The van der Waals surface area contributed by atoms with Gasteiger partial charge in [0.25, 0.3) is 17.7 Å². The van der Waals surface area contributed by atoms with E-state index in [1.165, 1.54) is 16.9 Å². The number of methoxy groups -OCH3 is 1. The second kappa shape index (κ2) is 16.4. The predicted molar refractivity (Wildman–Crippen MR) is 199 cm³/mol. The molecule has 1 aliphatic heterocycles. The van der Waals surface area contributed by atoms with Crippen molar-refractivity contribution in [2.45, 2.75) is 26.2 Å². The first kappa shape index (κ1) is 36.7. The maximum atomic E-state index is 13.8. The molecule has 0 atom stereocenters. The Labute approximate surface area is 298 Å². The average molecular weight is 695 g/mol. The number of anilines is 2. The molecule has 0 radical (unpaired) electrons. The Balaban J connectivity index is 1.24. The van der Waals surface area contributed by atoms with Crippen LogP contribution in [0.25, 0.3) is 10.9 Å². The minimum Gasteiger partial charge on any atom is -0.495 e. The third kappa shape index (κ3) is 8.60. The molecule has 0 saturated carbocycles. The fourth-order valence-corrected chi connectivity index (χ4v) is 6.07. The highest BCUT2D eigenvalue weighted by Crippen LogP contribution is 2.32. The lowest BCUT2D eigenvalue weighted by molar-refractivity contribution is 0.0822. The van der Waals surface area contributed by atoms with E-state index in [1.54, 1.807) is 63.6 Å². The molecule has 51 heavy (non-hydrogen) atoms. The summed E-state index contributed by atoms with van der Waals surface area (Å²) < 4.78 is 11.8. The highest BCUT2D eigenvalue weighted by molar-refractivity contribution is 6.14. The molecule has 5 rings (SSSR count). The minimum atomic E-state index is -0.392. The number of amides is 3. The van der Waals surface area contributed by atoms with Crippen LogP contribution in [0.5, 0.6) is 11.5 Å². The number of ether oxygens (including phenoxy) is 2. The van der Waals surface area contributed by atoms with Crippen LogP contribution >= 0.6 is 0 Å². The Hall–Kier alpha value is -5.58. The summed E-state index contributed by atoms with van der Waals surface area (Å²) in [4.78, 5) is 61.8. The number of aromatic nitrogens is 1. The molecule has 1 aliphatic rings. The SMILES string of the molecule is COc1cc(C(=O)N(C)c2ccc(C)cc2OCCCCC(=C=O)N2CCN(C)CC2)ccc1NC(=O)c1cccc2[nH]c(C(=O)N(C)C)cc12. The maximum Gasteiger partial charge on any atom is 0.269 e. The molecule has 268 valence electrons. The number of nitrogens with zero attached hydrogens (tertiary/aromatic N) is 4. The summed E-state index contributed by atoms with van der Waals surface area (Å²) >= 11 is 0. The first-order chi connectivity index (χ1) is 24.5. The van der Waals surface area contributed by atoms with Crippen LogP contribution < -0.4 is 19.7 Å². The second-order valence-electron chi connectivity index (χ2n) is 13.0. The third-order valence-corrected chi connectivity index (χ3v) is 9.09. The van der Waals surface area contributed by atoms with Gasteiger partial charge in [-0.3, -0.25) is 14.4 Å². The summed E-state index contributed by atoms with van der Waals surface area (Å²) in [6.07, 6.45) is 2.17. The van der Waals surface area contributed by atoms with Crippen molar-refractivity contribution < 1.29 is 28.7 Å². The number of allylic oxidation sites excluding steroid dienone is 1. The van der Waals surface area contributed by atoms with Crippen LogP contribution in [0, 0.1) is 6.92 Å². The van der Waals surface area contributed by atoms with Gasteiger partial charge in [0, 0.05) is 69.4 Å². The number of rotatable bonds is 13. The summed E-state index contributed by atoms with van der Waals surface area (Å²) in [6, 6.07) is 17.4. The van der Waals surface area contributed by atoms with Gasteiger partial charge in [0.2, 0.25) is 0 Å². The van der Waals surface area contributed by atoms with E-state index in [0.717, 1.165) is 50.3 Å². The normalized spacial score (nSPS) is 13.0. The lowest BCUT2D eigenvalue weighted by atomic mass is 10.1. The van der Waals surface area contributed by atoms with Crippen molar-refractivity contribution in [2.75, 3.05) is 78.3 Å². The molecular formula is C39H46N6O6. The molecule has 12 heteroatoms. The fourth-order valence-electron chi connectivity index (χ4n) is 6.07. The summed E-state index contributed by atoms with van der Waals surface area (Å²) in [5.74, 6) is 2.16. The van der Waals surface area contributed by atoms with Crippen molar-refractivity contribution in [3.8, 4) is 11.5 Å². The fraction of sp³-hybridized carbons (Fsp3) is 0.359. The van der Waals surface area contributed by atoms with E-state index in [0.29, 0.717) is 63.6 Å². The van der Waals surface area contributed by atoms with Crippen LogP contribution in [-0.2, 0) is 4.79 Å². The van der Waals surface area contributed by atoms with E-state index in [-0.39, 0.29) is 11.8 Å². The lowest BCUT2D eigenvalue weighted by Gasteiger charge is -2.34. The first-order valence-corrected chi connectivity index (χ1v) is 17.0. The zero-order chi connectivity index (χ0) is 36.7. The number of hydrogen-bond acceptors (Lipinski definition) is 8. The molecule has 0 aliphatic carbocycles. The van der Waals surface area contributed by atoms with Crippen LogP contribution in [0.2, 0.25) is 0 Å². The van der Waals surface area contributed by atoms with Gasteiger partial charge in [0.05, 0.1) is 30.8 Å². The largest absolute Gasteiger partial charge is 0.495 e. The molecule has 3 amide bonds. The second-order valence-corrected chi connectivity index (χ2v) is 13.0. The molecule has 0 bridgehead atoms. The number of hydrogen-bond donors (Lipinski definition) is 2. The molecule has 0 unspecified atom stereocenters. The zero-order valence-corrected chi connectivity index (χ0v) is 30.2. The van der Waals surface area contributed by atoms with Gasteiger partial charge in [0.15, 0.2) is 0 Å². The predicted octanol–water partition coefficient (Wildman–Crippen LogP) is 5.23. The summed E-state index contributed by atoms with van der Waals surface area (Å²) in [5.41, 5.74) is 4.49. The van der Waals surface area contributed by atoms with E-state index >= 15 is 0 Å². The van der Waals surface area contributed by atoms with Gasteiger partial charge in [-0.1, -0.05) is 12.1 Å². The Morgan fingerprint density at radius 1 is 0.922 bits per heavy atom. The molecule has 4 aromatic rings. The van der Waals surface area contributed by atoms with Crippen LogP contribution in [0.1, 0.15) is 56.0 Å². The number of carbonyl (C=O) groups excluding carboxylic acids is 4. The number of likely N-dealkylation sites (N-methyl/N-ethyl adjacent to an activating group) is 1. The number of fused-ring (bicyclic) bond motifs is 1. The molecule has 1 aromatic heterocycles. The Morgan fingerprint density at radius 2 is 1.69 bits per heavy atom. The standard InChI is InChI=1S/C39H46N6O6/c1-26-13-16-34(36(22-26)51-21-8-7-10-28(25-46)45-19-17-43(4)18-20-45)44(5)38(48)27-14-15-32(35(23-27)50-6)41-37(47)29-11-9-12-31-30(29)24-33(40-31)39(49)42(2)3/h9,11-16,22-24,40H,7-8,10,17-21H2,1-6H3,(H,41,47). The van der Waals surface area contributed by atoms with Crippen molar-refractivity contribution in [1.29, 1.82) is 0 Å². The highest BCUT2D eigenvalue weighted by atomic mass is 16.5. The van der Waals surface area contributed by atoms with Crippen LogP contribution in [0.3, 0.4) is 0 Å². The van der Waals surface area contributed by atoms with Gasteiger partial charge in [-0.2, -0.15) is 0 Å². The Morgan fingerprint density at radius 3 is 2.39 bits per heavy atom. The average Bonchev–Trinajstić information content (AvgIpc) is 3.57. The number of carbonyl (C=O) groups is 3. The molecule has 0 spiro atoms. The van der Waals surface area contributed by atoms with Crippen molar-refractivity contribution in [3.05, 3.63) is 88.7 Å². The molecule has 12 nitrogen and oxygen atoms in total. The minimum absolute atomic E-state index is 0.201. The number of nitrogens with one attached hydrogen (secondary N) is 2. The van der Waals surface area contributed by atoms with Crippen molar-refractivity contribution >= 4 is 45.9 Å². The smallest absolute Gasteiger partial charge is 0.269 e. The van der Waals surface area contributed by atoms with E-state index in [1.807, 2.05) is 25.1 Å². The van der Waals surface area contributed by atoms with Crippen molar-refractivity contribution in [1.82, 2.24) is 19.7 Å². The monoisotopic (exact) mass is 694 g/mol. The molecule has 2 heterocycles. The van der Waals surface area contributed by atoms with Gasteiger partial charge in [-0.15, -0.1) is 0 Å². The van der Waals surface area contributed by atoms with Crippen LogP contribution in [0.4, 0.5) is 11.4 Å². The summed E-state index contributed by atoms with van der Waals surface area (Å²) in [6.45, 7) is 5.92. The topological polar surface area (TPSA) is 128 Å². The van der Waals surface area contributed by atoms with E-state index in [9.17, 15) is 19.2 Å². The Kier molecular flexibility index (Phi) is 11.8. The Bertz CT molecular complexity index is 1950.